The average Bonchev–Trinajstić information content (AvgIpc) is 2.06. The molecule has 2 aliphatic rings. The highest BCUT2D eigenvalue weighted by Crippen LogP contribution is 2.30. The maximum absolute atomic E-state index is 2.28. The molecule has 0 aromatic rings. The van der Waals surface area contributed by atoms with Crippen molar-refractivity contribution in [3.63, 3.8) is 0 Å². The van der Waals surface area contributed by atoms with Crippen LogP contribution in [0.15, 0.2) is 48.1 Å². The lowest BCUT2D eigenvalue weighted by Crippen LogP contribution is -2.12. The number of allylic oxidation sites excluding steroid dienone is 8. The zero-order chi connectivity index (χ0) is 7.68. The molecule has 11 heavy (non-hydrogen) atoms. The fourth-order valence-electron chi connectivity index (χ4n) is 1.68. The van der Waals surface area contributed by atoms with Crippen LogP contribution in [0, 0.1) is 11.8 Å². The normalized spacial score (nSPS) is 33.4. The van der Waals surface area contributed by atoms with Gasteiger partial charge in [0.15, 0.2) is 0 Å². The Kier molecular flexibility index (Phi) is 1.54. The van der Waals surface area contributed by atoms with Crippen LogP contribution in [-0.2, 0) is 0 Å². The highest BCUT2D eigenvalue weighted by Gasteiger charge is 2.18. The van der Waals surface area contributed by atoms with Gasteiger partial charge in [0.05, 0.1) is 0 Å². The molecule has 2 atom stereocenters. The Labute approximate surface area is 67.6 Å². The lowest BCUT2D eigenvalue weighted by Gasteiger charge is -2.23. The van der Waals surface area contributed by atoms with Crippen LogP contribution in [0.25, 0.3) is 0 Å². The third-order valence-electron chi connectivity index (χ3n) is 2.37. The molecular formula is C11H12. The lowest BCUT2D eigenvalue weighted by molar-refractivity contribution is 0.583. The summed E-state index contributed by atoms with van der Waals surface area (Å²) in [5, 5.41) is 0. The molecule has 0 amide bonds. The van der Waals surface area contributed by atoms with E-state index in [4.69, 9.17) is 0 Å². The molecule has 0 heterocycles. The van der Waals surface area contributed by atoms with Crippen molar-refractivity contribution in [3.8, 4) is 0 Å². The molecule has 0 aromatic heterocycles. The lowest BCUT2D eigenvalue weighted by atomic mass is 9.81. The Morgan fingerprint density at radius 3 is 2.82 bits per heavy atom. The maximum Gasteiger partial charge on any atom is 0.00813 e. The van der Waals surface area contributed by atoms with E-state index in [0.717, 1.165) is 0 Å². The maximum atomic E-state index is 2.28. The van der Waals surface area contributed by atoms with Crippen LogP contribution in [0.1, 0.15) is 6.92 Å². The van der Waals surface area contributed by atoms with E-state index in [1.807, 2.05) is 0 Å². The van der Waals surface area contributed by atoms with Crippen LogP contribution in [0.2, 0.25) is 0 Å². The smallest absolute Gasteiger partial charge is 0.00813 e. The standard InChI is InChI=1S/C11H12/c1-9-5-4-7-10-6-2-3-8-11(9)10/h2-9,11H,1H3. The van der Waals surface area contributed by atoms with Gasteiger partial charge in [0.25, 0.3) is 0 Å². The number of rotatable bonds is 0. The average molecular weight is 144 g/mol. The number of hydrogen-bond acceptors (Lipinski definition) is 0. The first-order valence-electron chi connectivity index (χ1n) is 4.11. The summed E-state index contributed by atoms with van der Waals surface area (Å²) in [7, 11) is 0. The molecule has 0 saturated heterocycles. The summed E-state index contributed by atoms with van der Waals surface area (Å²) in [4.78, 5) is 0. The van der Waals surface area contributed by atoms with Crippen molar-refractivity contribution < 1.29 is 0 Å². The summed E-state index contributed by atoms with van der Waals surface area (Å²) in [6.07, 6.45) is 15.3. The van der Waals surface area contributed by atoms with Gasteiger partial charge in [0.1, 0.15) is 0 Å². The summed E-state index contributed by atoms with van der Waals surface area (Å²) in [5.41, 5.74) is 1.45. The second-order valence-corrected chi connectivity index (χ2v) is 3.18. The predicted molar refractivity (Wildman–Crippen MR) is 48.2 cm³/mol. The summed E-state index contributed by atoms with van der Waals surface area (Å²) in [6.45, 7) is 2.26. The Balaban J connectivity index is 2.35. The minimum Gasteiger partial charge on any atom is -0.0808 e. The van der Waals surface area contributed by atoms with Gasteiger partial charge in [0, 0.05) is 5.92 Å². The van der Waals surface area contributed by atoms with Gasteiger partial charge >= 0.3 is 0 Å². The van der Waals surface area contributed by atoms with Gasteiger partial charge in [0.2, 0.25) is 0 Å². The van der Waals surface area contributed by atoms with Crippen molar-refractivity contribution in [2.24, 2.45) is 11.8 Å². The van der Waals surface area contributed by atoms with Crippen molar-refractivity contribution in [2.75, 3.05) is 0 Å². The topological polar surface area (TPSA) is 0 Å². The molecule has 2 aliphatic carbocycles. The minimum absolute atomic E-state index is 0.630. The molecule has 0 radical (unpaired) electrons. The largest absolute Gasteiger partial charge is 0.0808 e. The van der Waals surface area contributed by atoms with Crippen LogP contribution >= 0.6 is 0 Å². The molecule has 0 aromatic carbocycles. The Bertz CT molecular complexity index is 264. The van der Waals surface area contributed by atoms with Gasteiger partial charge in [-0.1, -0.05) is 49.5 Å². The molecule has 0 heteroatoms. The van der Waals surface area contributed by atoms with Crippen molar-refractivity contribution in [2.45, 2.75) is 6.92 Å². The molecule has 0 N–H and O–H groups in total. The van der Waals surface area contributed by atoms with Gasteiger partial charge in [-0.05, 0) is 11.5 Å². The molecule has 2 unspecified atom stereocenters. The van der Waals surface area contributed by atoms with Crippen LogP contribution in [0.5, 0.6) is 0 Å². The summed E-state index contributed by atoms with van der Waals surface area (Å²) < 4.78 is 0. The van der Waals surface area contributed by atoms with E-state index in [1.54, 1.807) is 0 Å². The Hall–Kier alpha value is -1.04. The molecule has 0 saturated carbocycles. The van der Waals surface area contributed by atoms with E-state index in [0.29, 0.717) is 11.8 Å². The highest BCUT2D eigenvalue weighted by molar-refractivity contribution is 5.39. The van der Waals surface area contributed by atoms with Gasteiger partial charge in [-0.3, -0.25) is 0 Å². The van der Waals surface area contributed by atoms with Crippen LogP contribution < -0.4 is 0 Å². The van der Waals surface area contributed by atoms with Crippen LogP contribution in [0.3, 0.4) is 0 Å². The van der Waals surface area contributed by atoms with Crippen LogP contribution in [-0.4, -0.2) is 0 Å². The van der Waals surface area contributed by atoms with E-state index < -0.39 is 0 Å². The van der Waals surface area contributed by atoms with Gasteiger partial charge < -0.3 is 0 Å². The van der Waals surface area contributed by atoms with Crippen molar-refractivity contribution >= 4 is 0 Å². The molecular weight excluding hydrogens is 132 g/mol. The SMILES string of the molecule is CC1C=CC=C2C=CC=CC21. The van der Waals surface area contributed by atoms with Crippen LogP contribution in [0.4, 0.5) is 0 Å². The van der Waals surface area contributed by atoms with Gasteiger partial charge in [-0.25, -0.2) is 0 Å². The van der Waals surface area contributed by atoms with E-state index >= 15 is 0 Å². The number of fused-ring (bicyclic) bond motifs is 1. The quantitative estimate of drug-likeness (QED) is 0.490. The predicted octanol–water partition coefficient (Wildman–Crippen LogP) is 2.86. The van der Waals surface area contributed by atoms with Crippen molar-refractivity contribution in [1.29, 1.82) is 0 Å². The molecule has 2 rings (SSSR count). The Morgan fingerprint density at radius 1 is 1.09 bits per heavy atom. The van der Waals surface area contributed by atoms with Crippen molar-refractivity contribution in [3.05, 3.63) is 48.1 Å². The zero-order valence-electron chi connectivity index (χ0n) is 6.70. The van der Waals surface area contributed by atoms with E-state index in [9.17, 15) is 0 Å². The molecule has 0 nitrogen and oxygen atoms in total. The van der Waals surface area contributed by atoms with Crippen molar-refractivity contribution in [1.82, 2.24) is 0 Å². The molecule has 0 fully saturated rings. The monoisotopic (exact) mass is 144 g/mol. The summed E-state index contributed by atoms with van der Waals surface area (Å²) >= 11 is 0. The first-order valence-corrected chi connectivity index (χ1v) is 4.11. The Morgan fingerprint density at radius 2 is 2.00 bits per heavy atom. The third-order valence-corrected chi connectivity index (χ3v) is 2.37. The molecule has 0 aliphatic heterocycles. The third kappa shape index (κ3) is 1.09. The fraction of sp³-hybridized carbons (Fsp3) is 0.273. The summed E-state index contributed by atoms with van der Waals surface area (Å²) in [6, 6.07) is 0. The second kappa shape index (κ2) is 2.54. The fourth-order valence-corrected chi connectivity index (χ4v) is 1.68. The molecule has 0 spiro atoms. The first kappa shape index (κ1) is 6.66. The van der Waals surface area contributed by atoms with E-state index in [2.05, 4.69) is 49.5 Å². The number of hydrogen-bond donors (Lipinski definition) is 0. The minimum atomic E-state index is 0.630. The van der Waals surface area contributed by atoms with E-state index in [-0.39, 0.29) is 0 Å². The van der Waals surface area contributed by atoms with Gasteiger partial charge in [-0.15, -0.1) is 0 Å². The zero-order valence-corrected chi connectivity index (χ0v) is 6.70. The first-order chi connectivity index (χ1) is 5.38. The van der Waals surface area contributed by atoms with E-state index in [1.165, 1.54) is 5.57 Å². The summed E-state index contributed by atoms with van der Waals surface area (Å²) in [5.74, 6) is 1.29. The second-order valence-electron chi connectivity index (χ2n) is 3.18. The molecule has 0 bridgehead atoms. The van der Waals surface area contributed by atoms with Gasteiger partial charge in [-0.2, -0.15) is 0 Å². The molecule has 56 valence electrons. The highest BCUT2D eigenvalue weighted by atomic mass is 14.2.